The van der Waals surface area contributed by atoms with Crippen LogP contribution in [0.1, 0.15) is 30.1 Å². The van der Waals surface area contributed by atoms with Crippen LogP contribution in [0.5, 0.6) is 0 Å². The molecule has 0 saturated heterocycles. The Hall–Kier alpha value is -2.63. The molecule has 2 rings (SSSR count). The van der Waals surface area contributed by atoms with E-state index in [1.807, 2.05) is 13.0 Å². The predicted octanol–water partition coefficient (Wildman–Crippen LogP) is 1.78. The van der Waals surface area contributed by atoms with Crippen LogP contribution >= 0.6 is 0 Å². The minimum atomic E-state index is -0.609. The number of methoxy groups -OCH3 is 1. The van der Waals surface area contributed by atoms with Gasteiger partial charge in [-0.05, 0) is 18.6 Å². The molecule has 1 atom stereocenters. The Morgan fingerprint density at radius 1 is 1.17 bits per heavy atom. The Labute approximate surface area is 135 Å². The minimum Gasteiger partial charge on any atom is -0.468 e. The van der Waals surface area contributed by atoms with Crippen LogP contribution in [0, 0.1) is 0 Å². The Bertz CT molecular complexity index is 612. The molecule has 0 spiro atoms. The Balaban J connectivity index is 2.25. The second-order valence-corrected chi connectivity index (χ2v) is 5.22. The van der Waals surface area contributed by atoms with Crippen molar-refractivity contribution in [1.29, 1.82) is 0 Å². The molecule has 0 aliphatic carbocycles. The van der Waals surface area contributed by atoms with E-state index in [1.165, 1.54) is 23.1 Å². The first-order valence-corrected chi connectivity index (χ1v) is 7.51. The third kappa shape index (κ3) is 3.77. The third-order valence-electron chi connectivity index (χ3n) is 3.66. The predicted molar refractivity (Wildman–Crippen MR) is 84.2 cm³/mol. The summed E-state index contributed by atoms with van der Waals surface area (Å²) in [5.41, 5.74) is 0.521. The Kier molecular flexibility index (Phi) is 5.51. The number of ether oxygens (including phenoxy) is 1. The fourth-order valence-electron chi connectivity index (χ4n) is 2.45. The lowest BCUT2D eigenvalue weighted by Crippen LogP contribution is -2.51. The van der Waals surface area contributed by atoms with Crippen LogP contribution in [0.3, 0.4) is 0 Å². The lowest BCUT2D eigenvalue weighted by Gasteiger charge is -2.35. The Morgan fingerprint density at radius 2 is 1.87 bits per heavy atom. The number of rotatable bonds is 5. The first kappa shape index (κ1) is 16.7. The Morgan fingerprint density at radius 3 is 2.48 bits per heavy atom. The maximum absolute atomic E-state index is 12.6. The normalized spacial score (nSPS) is 17.3. The number of amides is 2. The zero-order chi connectivity index (χ0) is 16.8. The molecule has 6 nitrogen and oxygen atoms in total. The van der Waals surface area contributed by atoms with E-state index >= 15 is 0 Å². The molecular formula is C17H20N2O4. The molecule has 0 fully saturated rings. The van der Waals surface area contributed by atoms with Gasteiger partial charge < -0.3 is 14.5 Å². The first-order chi connectivity index (χ1) is 11.1. The lowest BCUT2D eigenvalue weighted by molar-refractivity contribution is -0.147. The summed E-state index contributed by atoms with van der Waals surface area (Å²) < 4.78 is 4.59. The van der Waals surface area contributed by atoms with Crippen molar-refractivity contribution in [2.75, 3.05) is 13.7 Å². The molecule has 2 amide bonds. The summed E-state index contributed by atoms with van der Waals surface area (Å²) in [5, 5.41) is 0. The van der Waals surface area contributed by atoms with Crippen LogP contribution in [0.25, 0.3) is 0 Å². The van der Waals surface area contributed by atoms with Gasteiger partial charge in [-0.3, -0.25) is 14.4 Å². The van der Waals surface area contributed by atoms with Crippen molar-refractivity contribution in [3.05, 3.63) is 48.3 Å². The van der Waals surface area contributed by atoms with Crippen LogP contribution in [-0.2, 0) is 14.3 Å². The van der Waals surface area contributed by atoms with E-state index in [0.29, 0.717) is 12.0 Å². The zero-order valence-electron chi connectivity index (χ0n) is 13.3. The van der Waals surface area contributed by atoms with Crippen molar-refractivity contribution in [3.8, 4) is 0 Å². The fourth-order valence-corrected chi connectivity index (χ4v) is 2.45. The molecule has 6 heteroatoms. The summed E-state index contributed by atoms with van der Waals surface area (Å²) in [4.78, 5) is 39.3. The molecule has 0 N–H and O–H groups in total. The summed E-state index contributed by atoms with van der Waals surface area (Å²) in [6, 6.07) is 8.20. The maximum atomic E-state index is 12.6. The number of carbonyl (C=O) groups is 3. The van der Waals surface area contributed by atoms with Crippen LogP contribution in [0.2, 0.25) is 0 Å². The summed E-state index contributed by atoms with van der Waals surface area (Å²) in [6.07, 6.45) is 4.28. The van der Waals surface area contributed by atoms with E-state index in [9.17, 15) is 14.4 Å². The molecule has 0 bridgehead atoms. The molecule has 0 radical (unpaired) electrons. The van der Waals surface area contributed by atoms with Gasteiger partial charge in [-0.15, -0.1) is 0 Å². The van der Waals surface area contributed by atoms with Gasteiger partial charge in [-0.25, -0.2) is 0 Å². The number of hydrogen-bond donors (Lipinski definition) is 0. The lowest BCUT2D eigenvalue weighted by atomic mass is 10.1. The molecular weight excluding hydrogens is 296 g/mol. The quantitative estimate of drug-likeness (QED) is 0.777. The number of nitrogens with zero attached hydrogens (tertiary/aromatic N) is 2. The second-order valence-electron chi connectivity index (χ2n) is 5.22. The van der Waals surface area contributed by atoms with Gasteiger partial charge in [0.25, 0.3) is 5.91 Å². The molecule has 1 aromatic carbocycles. The number of benzene rings is 1. The minimum absolute atomic E-state index is 0.153. The van der Waals surface area contributed by atoms with Gasteiger partial charge in [0.2, 0.25) is 5.91 Å². The maximum Gasteiger partial charge on any atom is 0.325 e. The molecule has 1 unspecified atom stereocenters. The van der Waals surface area contributed by atoms with Crippen molar-refractivity contribution in [2.45, 2.75) is 25.8 Å². The first-order valence-electron chi connectivity index (χ1n) is 7.51. The summed E-state index contributed by atoms with van der Waals surface area (Å²) in [7, 11) is 1.27. The highest BCUT2D eigenvalue weighted by Crippen LogP contribution is 2.20. The number of carbonyl (C=O) groups excluding carboxylic acids is 3. The van der Waals surface area contributed by atoms with Gasteiger partial charge in [0, 0.05) is 18.0 Å². The average Bonchev–Trinajstić information content (AvgIpc) is 2.58. The molecule has 1 aromatic rings. The highest BCUT2D eigenvalue weighted by molar-refractivity contribution is 5.99. The van der Waals surface area contributed by atoms with Gasteiger partial charge >= 0.3 is 5.97 Å². The van der Waals surface area contributed by atoms with E-state index < -0.39 is 12.0 Å². The van der Waals surface area contributed by atoms with Crippen LogP contribution in [-0.4, -0.2) is 47.3 Å². The SMILES string of the molecule is CCCC1C(=O)N(CC(=O)OC)C=CN1C(=O)c1ccccc1. The zero-order valence-corrected chi connectivity index (χ0v) is 13.3. The standard InChI is InChI=1S/C17H20N2O4/c1-3-7-14-17(22)18(12-15(20)23-2)10-11-19(14)16(21)13-8-5-4-6-9-13/h4-6,8-11,14H,3,7,12H2,1-2H3. The highest BCUT2D eigenvalue weighted by atomic mass is 16.5. The largest absolute Gasteiger partial charge is 0.468 e. The molecule has 1 aliphatic rings. The number of esters is 1. The highest BCUT2D eigenvalue weighted by Gasteiger charge is 2.35. The summed E-state index contributed by atoms with van der Waals surface area (Å²) in [5.74, 6) is -1.00. The van der Waals surface area contributed by atoms with Crippen molar-refractivity contribution < 1.29 is 19.1 Å². The van der Waals surface area contributed by atoms with Crippen molar-refractivity contribution >= 4 is 17.8 Å². The smallest absolute Gasteiger partial charge is 0.325 e. The molecule has 1 aliphatic heterocycles. The van der Waals surface area contributed by atoms with E-state index in [2.05, 4.69) is 4.74 Å². The van der Waals surface area contributed by atoms with Gasteiger partial charge in [-0.1, -0.05) is 31.5 Å². The van der Waals surface area contributed by atoms with E-state index in [1.54, 1.807) is 30.5 Å². The van der Waals surface area contributed by atoms with Gasteiger partial charge in [0.05, 0.1) is 7.11 Å². The summed E-state index contributed by atoms with van der Waals surface area (Å²) in [6.45, 7) is 1.79. The van der Waals surface area contributed by atoms with E-state index in [4.69, 9.17) is 0 Å². The van der Waals surface area contributed by atoms with Gasteiger partial charge in [0.15, 0.2) is 0 Å². The van der Waals surface area contributed by atoms with Gasteiger partial charge in [0.1, 0.15) is 12.6 Å². The molecule has 122 valence electrons. The van der Waals surface area contributed by atoms with E-state index in [-0.39, 0.29) is 18.4 Å². The topological polar surface area (TPSA) is 66.9 Å². The van der Waals surface area contributed by atoms with Gasteiger partial charge in [-0.2, -0.15) is 0 Å². The summed E-state index contributed by atoms with van der Waals surface area (Å²) >= 11 is 0. The van der Waals surface area contributed by atoms with Crippen LogP contribution in [0.4, 0.5) is 0 Å². The number of hydrogen-bond acceptors (Lipinski definition) is 4. The monoisotopic (exact) mass is 316 g/mol. The third-order valence-corrected chi connectivity index (χ3v) is 3.66. The molecule has 0 saturated carbocycles. The van der Waals surface area contributed by atoms with Crippen molar-refractivity contribution in [2.24, 2.45) is 0 Å². The second kappa shape index (κ2) is 7.58. The van der Waals surface area contributed by atoms with Crippen LogP contribution in [0.15, 0.2) is 42.7 Å². The molecule has 23 heavy (non-hydrogen) atoms. The molecule has 1 heterocycles. The fraction of sp³-hybridized carbons (Fsp3) is 0.353. The van der Waals surface area contributed by atoms with Crippen molar-refractivity contribution in [3.63, 3.8) is 0 Å². The van der Waals surface area contributed by atoms with Crippen molar-refractivity contribution in [1.82, 2.24) is 9.80 Å². The molecule has 0 aromatic heterocycles. The average molecular weight is 316 g/mol. The van der Waals surface area contributed by atoms with E-state index in [0.717, 1.165) is 6.42 Å². The van der Waals surface area contributed by atoms with Crippen LogP contribution < -0.4 is 0 Å².